The Balaban J connectivity index is 1.77. The largest absolute Gasteiger partial charge is 0.374 e. The van der Waals surface area contributed by atoms with Crippen LogP contribution in [0.1, 0.15) is 5.56 Å². The topological polar surface area (TPSA) is 33.3 Å². The van der Waals surface area contributed by atoms with E-state index in [4.69, 9.17) is 4.74 Å². The van der Waals surface area contributed by atoms with E-state index in [2.05, 4.69) is 10.6 Å². The van der Waals surface area contributed by atoms with Crippen molar-refractivity contribution >= 4 is 0 Å². The predicted molar refractivity (Wildman–Crippen MR) is 60.7 cm³/mol. The van der Waals surface area contributed by atoms with Gasteiger partial charge in [-0.25, -0.2) is 8.78 Å². The molecule has 0 aromatic heterocycles. The molecule has 3 nitrogen and oxygen atoms in total. The van der Waals surface area contributed by atoms with Gasteiger partial charge in [0.2, 0.25) is 0 Å². The summed E-state index contributed by atoms with van der Waals surface area (Å²) in [7, 11) is 0. The Morgan fingerprint density at radius 1 is 1.41 bits per heavy atom. The highest BCUT2D eigenvalue weighted by atomic mass is 19.1. The number of benzene rings is 1. The molecule has 1 atom stereocenters. The molecule has 17 heavy (non-hydrogen) atoms. The van der Waals surface area contributed by atoms with Crippen LogP contribution < -0.4 is 10.6 Å². The van der Waals surface area contributed by atoms with Crippen LogP contribution in [0.15, 0.2) is 18.2 Å². The maximum Gasteiger partial charge on any atom is 0.130 e. The third-order valence-electron chi connectivity index (χ3n) is 2.71. The minimum Gasteiger partial charge on any atom is -0.374 e. The Labute approximate surface area is 99.2 Å². The number of hydrogen-bond acceptors (Lipinski definition) is 3. The summed E-state index contributed by atoms with van der Waals surface area (Å²) in [5.41, 5.74) is 0.468. The van der Waals surface area contributed by atoms with Crippen LogP contribution in [0.25, 0.3) is 0 Å². The summed E-state index contributed by atoms with van der Waals surface area (Å²) in [6.45, 7) is 3.43. The lowest BCUT2D eigenvalue weighted by Crippen LogP contribution is -2.43. The Kier molecular flexibility index (Phi) is 4.42. The van der Waals surface area contributed by atoms with E-state index in [9.17, 15) is 8.78 Å². The highest BCUT2D eigenvalue weighted by Gasteiger charge is 2.12. The van der Waals surface area contributed by atoms with E-state index >= 15 is 0 Å². The number of hydrogen-bond donors (Lipinski definition) is 2. The molecule has 0 amide bonds. The minimum atomic E-state index is -0.550. The first-order valence-electron chi connectivity index (χ1n) is 5.72. The van der Waals surface area contributed by atoms with Crippen LogP contribution in [0.2, 0.25) is 0 Å². The molecule has 0 radical (unpaired) electrons. The smallest absolute Gasteiger partial charge is 0.130 e. The van der Waals surface area contributed by atoms with E-state index in [-0.39, 0.29) is 6.10 Å². The standard InChI is InChI=1S/C12H16F2N2O/c13-10-2-1-9(12(14)5-10)6-16-8-11-7-15-3-4-17-11/h1-2,5,11,15-16H,3-4,6-8H2. The fourth-order valence-corrected chi connectivity index (χ4v) is 1.78. The normalized spacial score (nSPS) is 20.5. The molecule has 0 bridgehead atoms. The fraction of sp³-hybridized carbons (Fsp3) is 0.500. The molecule has 0 aliphatic carbocycles. The molecule has 1 aromatic rings. The van der Waals surface area contributed by atoms with Crippen molar-refractivity contribution in [1.82, 2.24) is 10.6 Å². The predicted octanol–water partition coefficient (Wildman–Crippen LogP) is 1.04. The second kappa shape index (κ2) is 6.05. The highest BCUT2D eigenvalue weighted by Crippen LogP contribution is 2.09. The van der Waals surface area contributed by atoms with Crippen molar-refractivity contribution in [2.75, 3.05) is 26.2 Å². The van der Waals surface area contributed by atoms with Gasteiger partial charge in [0.1, 0.15) is 11.6 Å². The second-order valence-corrected chi connectivity index (χ2v) is 4.06. The number of morpholine rings is 1. The third-order valence-corrected chi connectivity index (χ3v) is 2.71. The van der Waals surface area contributed by atoms with Crippen LogP contribution in [0.4, 0.5) is 8.78 Å². The van der Waals surface area contributed by atoms with Gasteiger partial charge in [-0.2, -0.15) is 0 Å². The third kappa shape index (κ3) is 3.73. The molecule has 5 heteroatoms. The molecule has 1 aromatic carbocycles. The zero-order chi connectivity index (χ0) is 12.1. The average Bonchev–Trinajstić information content (AvgIpc) is 2.33. The zero-order valence-electron chi connectivity index (χ0n) is 9.51. The Morgan fingerprint density at radius 3 is 3.00 bits per heavy atom. The summed E-state index contributed by atoms with van der Waals surface area (Å²) in [6, 6.07) is 3.62. The maximum absolute atomic E-state index is 13.3. The maximum atomic E-state index is 13.3. The summed E-state index contributed by atoms with van der Waals surface area (Å²) in [5.74, 6) is -1.06. The molecular formula is C12H16F2N2O. The average molecular weight is 242 g/mol. The molecule has 0 saturated carbocycles. The summed E-state index contributed by atoms with van der Waals surface area (Å²) in [4.78, 5) is 0. The van der Waals surface area contributed by atoms with Gasteiger partial charge in [-0.05, 0) is 6.07 Å². The first-order chi connectivity index (χ1) is 8.25. The molecular weight excluding hydrogens is 226 g/mol. The monoisotopic (exact) mass is 242 g/mol. The molecule has 94 valence electrons. The van der Waals surface area contributed by atoms with Gasteiger partial charge in [0.15, 0.2) is 0 Å². The molecule has 1 unspecified atom stereocenters. The summed E-state index contributed by atoms with van der Waals surface area (Å²) < 4.78 is 31.5. The highest BCUT2D eigenvalue weighted by molar-refractivity contribution is 5.18. The number of nitrogens with one attached hydrogen (secondary N) is 2. The van der Waals surface area contributed by atoms with E-state index in [1.54, 1.807) is 0 Å². The van der Waals surface area contributed by atoms with Crippen molar-refractivity contribution in [3.8, 4) is 0 Å². The Morgan fingerprint density at radius 2 is 2.29 bits per heavy atom. The van der Waals surface area contributed by atoms with Crippen LogP contribution in [0.3, 0.4) is 0 Å². The molecule has 1 aliphatic rings. The molecule has 1 heterocycles. The van der Waals surface area contributed by atoms with Crippen LogP contribution >= 0.6 is 0 Å². The molecule has 1 saturated heterocycles. The van der Waals surface area contributed by atoms with Crippen molar-refractivity contribution in [3.05, 3.63) is 35.4 Å². The van der Waals surface area contributed by atoms with E-state index in [0.717, 1.165) is 19.2 Å². The van der Waals surface area contributed by atoms with Crippen molar-refractivity contribution in [2.45, 2.75) is 12.6 Å². The summed E-state index contributed by atoms with van der Waals surface area (Å²) in [6.07, 6.45) is 0.118. The lowest BCUT2D eigenvalue weighted by Gasteiger charge is -2.23. The van der Waals surface area contributed by atoms with E-state index < -0.39 is 11.6 Å². The van der Waals surface area contributed by atoms with Gasteiger partial charge >= 0.3 is 0 Å². The van der Waals surface area contributed by atoms with Crippen molar-refractivity contribution in [1.29, 1.82) is 0 Å². The lowest BCUT2D eigenvalue weighted by molar-refractivity contribution is 0.0290. The summed E-state index contributed by atoms with van der Waals surface area (Å²) in [5, 5.41) is 6.32. The Hall–Kier alpha value is -1.04. The lowest BCUT2D eigenvalue weighted by atomic mass is 10.2. The zero-order valence-corrected chi connectivity index (χ0v) is 9.51. The second-order valence-electron chi connectivity index (χ2n) is 4.06. The van der Waals surface area contributed by atoms with Gasteiger partial charge in [-0.3, -0.25) is 0 Å². The number of rotatable bonds is 4. The summed E-state index contributed by atoms with van der Waals surface area (Å²) >= 11 is 0. The van der Waals surface area contributed by atoms with Crippen molar-refractivity contribution in [2.24, 2.45) is 0 Å². The van der Waals surface area contributed by atoms with Crippen molar-refractivity contribution < 1.29 is 13.5 Å². The van der Waals surface area contributed by atoms with Gasteiger partial charge in [0.25, 0.3) is 0 Å². The van der Waals surface area contributed by atoms with Gasteiger partial charge in [0.05, 0.1) is 12.7 Å². The number of halogens is 2. The van der Waals surface area contributed by atoms with E-state index in [1.807, 2.05) is 0 Å². The Bertz CT molecular complexity index is 368. The van der Waals surface area contributed by atoms with Gasteiger partial charge < -0.3 is 15.4 Å². The van der Waals surface area contributed by atoms with Crippen LogP contribution in [0.5, 0.6) is 0 Å². The van der Waals surface area contributed by atoms with Crippen LogP contribution in [-0.4, -0.2) is 32.3 Å². The molecule has 0 spiro atoms. The quantitative estimate of drug-likeness (QED) is 0.827. The molecule has 1 fully saturated rings. The van der Waals surface area contributed by atoms with Gasteiger partial charge in [0, 0.05) is 37.8 Å². The fourth-order valence-electron chi connectivity index (χ4n) is 1.78. The van der Waals surface area contributed by atoms with Gasteiger partial charge in [-0.15, -0.1) is 0 Å². The first kappa shape index (κ1) is 12.4. The van der Waals surface area contributed by atoms with Crippen LogP contribution in [-0.2, 0) is 11.3 Å². The van der Waals surface area contributed by atoms with Gasteiger partial charge in [-0.1, -0.05) is 6.07 Å². The number of ether oxygens (including phenoxy) is 1. The SMILES string of the molecule is Fc1ccc(CNCC2CNCCO2)c(F)c1. The van der Waals surface area contributed by atoms with E-state index in [1.165, 1.54) is 12.1 Å². The minimum absolute atomic E-state index is 0.118. The molecule has 1 aliphatic heterocycles. The van der Waals surface area contributed by atoms with Crippen LogP contribution in [0, 0.1) is 11.6 Å². The first-order valence-corrected chi connectivity index (χ1v) is 5.72. The molecule has 2 rings (SSSR count). The molecule has 2 N–H and O–H groups in total. The van der Waals surface area contributed by atoms with Crippen molar-refractivity contribution in [3.63, 3.8) is 0 Å². The van der Waals surface area contributed by atoms with E-state index in [0.29, 0.717) is 25.3 Å².